The van der Waals surface area contributed by atoms with Crippen molar-refractivity contribution < 1.29 is 9.53 Å². The molecule has 0 aromatic carbocycles. The number of rotatable bonds is 2. The topological polar surface area (TPSA) is 54.1 Å². The first-order chi connectivity index (χ1) is 5.72. The van der Waals surface area contributed by atoms with E-state index in [9.17, 15) is 4.79 Å². The molecule has 0 atom stereocenters. The first-order valence-corrected chi connectivity index (χ1v) is 4.16. The Balaban J connectivity index is 2.38. The smallest absolute Gasteiger partial charge is 0.407 e. The first-order valence-electron chi connectivity index (χ1n) is 3.37. The number of halogens is 1. The van der Waals surface area contributed by atoms with Crippen molar-refractivity contribution in [1.82, 2.24) is 10.3 Å². The van der Waals surface area contributed by atoms with Gasteiger partial charge < -0.3 is 15.0 Å². The van der Waals surface area contributed by atoms with Gasteiger partial charge in [-0.3, -0.25) is 0 Å². The third-order valence-corrected chi connectivity index (χ3v) is 1.77. The number of alkyl carbamates (subject to hydrolysis) is 1. The van der Waals surface area contributed by atoms with Crippen LogP contribution in [0.4, 0.5) is 4.79 Å². The fourth-order valence-electron chi connectivity index (χ4n) is 0.753. The molecule has 5 heteroatoms. The Bertz CT molecular complexity index is 272. The van der Waals surface area contributed by atoms with Crippen LogP contribution in [0.1, 0.15) is 5.69 Å². The Morgan fingerprint density at radius 2 is 2.58 bits per heavy atom. The van der Waals surface area contributed by atoms with Crippen molar-refractivity contribution in [2.45, 2.75) is 6.54 Å². The van der Waals surface area contributed by atoms with Crippen LogP contribution >= 0.6 is 15.9 Å². The number of hydrogen-bond donors (Lipinski definition) is 2. The van der Waals surface area contributed by atoms with E-state index in [0.29, 0.717) is 6.54 Å². The van der Waals surface area contributed by atoms with E-state index in [2.05, 4.69) is 31.0 Å². The molecule has 1 heterocycles. The zero-order chi connectivity index (χ0) is 8.97. The fourth-order valence-corrected chi connectivity index (χ4v) is 1.14. The third-order valence-electron chi connectivity index (χ3n) is 1.32. The highest BCUT2D eigenvalue weighted by Crippen LogP contribution is 2.09. The van der Waals surface area contributed by atoms with Crippen LogP contribution in [0.15, 0.2) is 16.7 Å². The van der Waals surface area contributed by atoms with Gasteiger partial charge in [0.2, 0.25) is 0 Å². The average molecular weight is 233 g/mol. The first kappa shape index (κ1) is 9.12. The highest BCUT2D eigenvalue weighted by atomic mass is 79.9. The van der Waals surface area contributed by atoms with E-state index >= 15 is 0 Å². The van der Waals surface area contributed by atoms with Gasteiger partial charge in [-0.1, -0.05) is 0 Å². The van der Waals surface area contributed by atoms with Crippen LogP contribution in [0, 0.1) is 0 Å². The molecular formula is C7H9BrN2O2. The minimum Gasteiger partial charge on any atom is -0.453 e. The van der Waals surface area contributed by atoms with Gasteiger partial charge in [-0.15, -0.1) is 0 Å². The maximum absolute atomic E-state index is 10.6. The van der Waals surface area contributed by atoms with E-state index in [1.807, 2.05) is 6.07 Å². The summed E-state index contributed by atoms with van der Waals surface area (Å²) < 4.78 is 5.37. The number of carbonyl (C=O) groups excluding carboxylic acids is 1. The van der Waals surface area contributed by atoms with Gasteiger partial charge in [-0.2, -0.15) is 0 Å². The van der Waals surface area contributed by atoms with Gasteiger partial charge in [0.15, 0.2) is 0 Å². The van der Waals surface area contributed by atoms with Crippen LogP contribution in [0.5, 0.6) is 0 Å². The van der Waals surface area contributed by atoms with Gasteiger partial charge in [0.25, 0.3) is 0 Å². The van der Waals surface area contributed by atoms with Crippen LogP contribution in [-0.2, 0) is 11.3 Å². The summed E-state index contributed by atoms with van der Waals surface area (Å²) in [6, 6.07) is 1.88. The number of aromatic nitrogens is 1. The van der Waals surface area contributed by atoms with Crippen LogP contribution < -0.4 is 5.32 Å². The molecule has 1 aromatic heterocycles. The average Bonchev–Trinajstić information content (AvgIpc) is 2.47. The van der Waals surface area contributed by atoms with E-state index in [-0.39, 0.29) is 0 Å². The molecule has 0 radical (unpaired) electrons. The van der Waals surface area contributed by atoms with Gasteiger partial charge in [0.1, 0.15) is 0 Å². The SMILES string of the molecule is COC(=O)NCc1cc(Br)c[nH]1. The molecule has 0 bridgehead atoms. The van der Waals surface area contributed by atoms with Gasteiger partial charge in [-0.05, 0) is 22.0 Å². The van der Waals surface area contributed by atoms with Gasteiger partial charge in [-0.25, -0.2) is 4.79 Å². The Morgan fingerprint density at radius 1 is 1.83 bits per heavy atom. The molecule has 12 heavy (non-hydrogen) atoms. The van der Waals surface area contributed by atoms with E-state index in [0.717, 1.165) is 10.2 Å². The second-order valence-corrected chi connectivity index (χ2v) is 3.10. The zero-order valence-electron chi connectivity index (χ0n) is 6.56. The molecule has 1 rings (SSSR count). The zero-order valence-corrected chi connectivity index (χ0v) is 8.14. The number of carbonyl (C=O) groups is 1. The van der Waals surface area contributed by atoms with Gasteiger partial charge >= 0.3 is 6.09 Å². The Hall–Kier alpha value is -0.970. The molecule has 0 spiro atoms. The fraction of sp³-hybridized carbons (Fsp3) is 0.286. The molecule has 0 saturated carbocycles. The molecule has 0 aliphatic carbocycles. The van der Waals surface area contributed by atoms with E-state index < -0.39 is 6.09 Å². The number of nitrogens with one attached hydrogen (secondary N) is 2. The van der Waals surface area contributed by atoms with Crippen LogP contribution in [-0.4, -0.2) is 18.2 Å². The van der Waals surface area contributed by atoms with Crippen molar-refractivity contribution in [3.63, 3.8) is 0 Å². The second-order valence-electron chi connectivity index (χ2n) is 2.19. The Kier molecular flexibility index (Phi) is 3.16. The number of amides is 1. The van der Waals surface area contributed by atoms with Crippen molar-refractivity contribution in [1.29, 1.82) is 0 Å². The maximum atomic E-state index is 10.6. The van der Waals surface area contributed by atoms with Crippen molar-refractivity contribution in [3.8, 4) is 0 Å². The number of methoxy groups -OCH3 is 1. The summed E-state index contributed by atoms with van der Waals surface area (Å²) in [5.74, 6) is 0. The van der Waals surface area contributed by atoms with E-state index in [1.54, 1.807) is 6.20 Å². The molecule has 0 fully saturated rings. The molecule has 0 saturated heterocycles. The Labute approximate surface area is 78.4 Å². The van der Waals surface area contributed by atoms with Gasteiger partial charge in [0.05, 0.1) is 13.7 Å². The predicted octanol–water partition coefficient (Wildman–Crippen LogP) is 1.63. The van der Waals surface area contributed by atoms with Crippen molar-refractivity contribution >= 4 is 22.0 Å². The summed E-state index contributed by atoms with van der Waals surface area (Å²) in [5, 5.41) is 2.55. The minimum absolute atomic E-state index is 0.430. The summed E-state index contributed by atoms with van der Waals surface area (Å²) in [5.41, 5.74) is 0.923. The molecule has 1 aromatic rings. The van der Waals surface area contributed by atoms with Gasteiger partial charge in [0, 0.05) is 16.4 Å². The maximum Gasteiger partial charge on any atom is 0.407 e. The normalized spacial score (nSPS) is 9.50. The van der Waals surface area contributed by atoms with Crippen LogP contribution in [0.2, 0.25) is 0 Å². The van der Waals surface area contributed by atoms with Crippen LogP contribution in [0.3, 0.4) is 0 Å². The Morgan fingerprint density at radius 3 is 3.08 bits per heavy atom. The largest absolute Gasteiger partial charge is 0.453 e. The summed E-state index contributed by atoms with van der Waals surface area (Å²) in [6.07, 6.45) is 1.37. The van der Waals surface area contributed by atoms with Crippen LogP contribution in [0.25, 0.3) is 0 Å². The lowest BCUT2D eigenvalue weighted by Gasteiger charge is -2.00. The number of hydrogen-bond acceptors (Lipinski definition) is 2. The highest BCUT2D eigenvalue weighted by molar-refractivity contribution is 9.10. The molecule has 4 nitrogen and oxygen atoms in total. The number of H-pyrrole nitrogens is 1. The molecular weight excluding hydrogens is 224 g/mol. The third kappa shape index (κ3) is 2.58. The number of aromatic amines is 1. The predicted molar refractivity (Wildman–Crippen MR) is 47.7 cm³/mol. The van der Waals surface area contributed by atoms with E-state index in [4.69, 9.17) is 0 Å². The molecule has 0 unspecified atom stereocenters. The highest BCUT2D eigenvalue weighted by Gasteiger charge is 1.99. The summed E-state index contributed by atoms with van der Waals surface area (Å²) >= 11 is 3.28. The molecule has 2 N–H and O–H groups in total. The molecule has 66 valence electrons. The minimum atomic E-state index is -0.430. The molecule has 0 aliphatic rings. The quantitative estimate of drug-likeness (QED) is 0.815. The lowest BCUT2D eigenvalue weighted by Crippen LogP contribution is -2.22. The lowest BCUT2D eigenvalue weighted by molar-refractivity contribution is 0.170. The molecule has 0 aliphatic heterocycles. The van der Waals surface area contributed by atoms with E-state index in [1.165, 1.54) is 7.11 Å². The number of ether oxygens (including phenoxy) is 1. The molecule has 1 amide bonds. The van der Waals surface area contributed by atoms with Crippen molar-refractivity contribution in [2.24, 2.45) is 0 Å². The monoisotopic (exact) mass is 232 g/mol. The summed E-state index contributed by atoms with van der Waals surface area (Å²) in [4.78, 5) is 13.6. The van der Waals surface area contributed by atoms with Crippen molar-refractivity contribution in [3.05, 3.63) is 22.4 Å². The van der Waals surface area contributed by atoms with Crippen molar-refractivity contribution in [2.75, 3.05) is 7.11 Å². The summed E-state index contributed by atoms with van der Waals surface area (Å²) in [6.45, 7) is 0.443. The lowest BCUT2D eigenvalue weighted by atomic mass is 10.4. The summed E-state index contributed by atoms with van der Waals surface area (Å²) in [7, 11) is 1.33. The standard InChI is InChI=1S/C7H9BrN2O2/c1-12-7(11)10-4-6-2-5(8)3-9-6/h2-3,9H,4H2,1H3,(H,10,11). The second kappa shape index (κ2) is 4.15.